The number of hydrogen-bond donors (Lipinski definition) is 0. The van der Waals surface area contributed by atoms with Crippen LogP contribution < -0.4 is 0 Å². The first-order valence-electron chi connectivity index (χ1n) is 2.94. The van der Waals surface area contributed by atoms with Gasteiger partial charge in [-0.1, -0.05) is 32.9 Å². The maximum Gasteiger partial charge on any atom is 0.288 e. The van der Waals surface area contributed by atoms with E-state index >= 15 is 0 Å². The SMILES string of the molecule is C#[N+]Cc1cccc(Br)c1. The average Bonchev–Trinajstić information content (AvgIpc) is 1.88. The van der Waals surface area contributed by atoms with Crippen LogP contribution in [0.2, 0.25) is 0 Å². The van der Waals surface area contributed by atoms with E-state index in [2.05, 4.69) is 20.8 Å². The van der Waals surface area contributed by atoms with Crippen LogP contribution in [0.15, 0.2) is 28.7 Å². The van der Waals surface area contributed by atoms with E-state index in [4.69, 9.17) is 6.57 Å². The van der Waals surface area contributed by atoms with Crippen molar-refractivity contribution in [2.24, 2.45) is 0 Å². The Labute approximate surface area is 68.6 Å². The first kappa shape index (κ1) is 7.30. The normalized spacial score (nSPS) is 8.80. The van der Waals surface area contributed by atoms with Crippen LogP contribution >= 0.6 is 15.9 Å². The summed E-state index contributed by atoms with van der Waals surface area (Å²) in [5.41, 5.74) is 1.12. The monoisotopic (exact) mass is 196 g/mol. The highest BCUT2D eigenvalue weighted by Crippen LogP contribution is 2.11. The summed E-state index contributed by atoms with van der Waals surface area (Å²) in [6.45, 7) is 5.60. The van der Waals surface area contributed by atoms with Crippen molar-refractivity contribution < 1.29 is 0 Å². The van der Waals surface area contributed by atoms with E-state index < -0.39 is 0 Å². The van der Waals surface area contributed by atoms with Gasteiger partial charge >= 0.3 is 0 Å². The molecule has 1 aromatic carbocycles. The highest BCUT2D eigenvalue weighted by Gasteiger charge is 1.95. The molecular formula is C8H7BrN+. The molecule has 2 heteroatoms. The van der Waals surface area contributed by atoms with Crippen LogP contribution in [0.4, 0.5) is 0 Å². The minimum atomic E-state index is 0.583. The van der Waals surface area contributed by atoms with Crippen molar-refractivity contribution in [2.75, 3.05) is 0 Å². The molecule has 0 spiro atoms. The lowest BCUT2D eigenvalue weighted by Crippen LogP contribution is -1.76. The largest absolute Gasteiger partial charge is 0.288 e. The highest BCUT2D eigenvalue weighted by molar-refractivity contribution is 9.10. The predicted molar refractivity (Wildman–Crippen MR) is 46.2 cm³/mol. The summed E-state index contributed by atoms with van der Waals surface area (Å²) < 4.78 is 1.06. The summed E-state index contributed by atoms with van der Waals surface area (Å²) in [6.07, 6.45) is 0. The summed E-state index contributed by atoms with van der Waals surface area (Å²) in [6, 6.07) is 7.92. The molecule has 0 atom stereocenters. The van der Waals surface area contributed by atoms with E-state index in [9.17, 15) is 0 Å². The Morgan fingerprint density at radius 3 is 2.90 bits per heavy atom. The zero-order valence-electron chi connectivity index (χ0n) is 5.42. The Morgan fingerprint density at radius 1 is 1.50 bits per heavy atom. The van der Waals surface area contributed by atoms with E-state index in [1.54, 1.807) is 0 Å². The Morgan fingerprint density at radius 2 is 2.30 bits per heavy atom. The molecule has 1 rings (SSSR count). The lowest BCUT2D eigenvalue weighted by molar-refractivity contribution is 1.26. The van der Waals surface area contributed by atoms with Crippen molar-refractivity contribution >= 4 is 15.9 Å². The van der Waals surface area contributed by atoms with Gasteiger partial charge in [-0.15, -0.1) is 0 Å². The highest BCUT2D eigenvalue weighted by atomic mass is 79.9. The van der Waals surface area contributed by atoms with Gasteiger partial charge in [0.1, 0.15) is 0 Å². The minimum absolute atomic E-state index is 0.583. The number of halogens is 1. The zero-order valence-corrected chi connectivity index (χ0v) is 7.01. The van der Waals surface area contributed by atoms with Gasteiger partial charge in [-0.2, -0.15) is 0 Å². The van der Waals surface area contributed by atoms with Gasteiger partial charge in [0.2, 0.25) is 0 Å². The summed E-state index contributed by atoms with van der Waals surface area (Å²) >= 11 is 3.35. The molecule has 1 aromatic rings. The van der Waals surface area contributed by atoms with Crippen LogP contribution in [0.5, 0.6) is 0 Å². The molecule has 0 fully saturated rings. The molecule has 0 saturated carbocycles. The van der Waals surface area contributed by atoms with E-state index in [1.165, 1.54) is 0 Å². The van der Waals surface area contributed by atoms with Gasteiger partial charge in [0.25, 0.3) is 13.1 Å². The molecule has 10 heavy (non-hydrogen) atoms. The van der Waals surface area contributed by atoms with Crippen molar-refractivity contribution in [1.82, 2.24) is 0 Å². The van der Waals surface area contributed by atoms with Crippen LogP contribution in [0.3, 0.4) is 0 Å². The Hall–Kier alpha value is -0.810. The predicted octanol–water partition coefficient (Wildman–Crippen LogP) is 2.91. The van der Waals surface area contributed by atoms with Gasteiger partial charge in [-0.05, 0) is 12.1 Å². The van der Waals surface area contributed by atoms with E-state index in [1.807, 2.05) is 24.3 Å². The fraction of sp³-hybridized carbons (Fsp3) is 0.125. The van der Waals surface area contributed by atoms with Crippen LogP contribution in [0.25, 0.3) is 4.85 Å². The Kier molecular flexibility index (Phi) is 2.47. The van der Waals surface area contributed by atoms with Crippen LogP contribution in [-0.4, -0.2) is 0 Å². The number of nitrogens with zero attached hydrogens (tertiary/aromatic N) is 1. The molecule has 0 unspecified atom stereocenters. The molecule has 0 bridgehead atoms. The minimum Gasteiger partial charge on any atom is -0.0817 e. The Bertz CT molecular complexity index is 262. The van der Waals surface area contributed by atoms with Crippen LogP contribution in [0, 0.1) is 6.57 Å². The second-order valence-electron chi connectivity index (χ2n) is 1.97. The van der Waals surface area contributed by atoms with Gasteiger partial charge in [-0.3, -0.25) is 0 Å². The summed E-state index contributed by atoms with van der Waals surface area (Å²) in [4.78, 5) is 3.53. The molecule has 0 aromatic heterocycles. The van der Waals surface area contributed by atoms with Gasteiger partial charge in [-0.25, -0.2) is 0 Å². The Balaban J connectivity index is 2.87. The standard InChI is InChI=1S/C8H7BrN/c1-10-6-7-3-2-4-8(9)5-7/h1-5H,6H2/q+1. The number of benzene rings is 1. The van der Waals surface area contributed by atoms with Gasteiger partial charge < -0.3 is 0 Å². The third kappa shape index (κ3) is 1.85. The maximum absolute atomic E-state index is 5.02. The first-order valence-corrected chi connectivity index (χ1v) is 3.73. The van der Waals surface area contributed by atoms with Crippen molar-refractivity contribution in [3.63, 3.8) is 0 Å². The molecule has 0 N–H and O–H groups in total. The summed E-state index contributed by atoms with van der Waals surface area (Å²) in [5.74, 6) is 0. The quantitative estimate of drug-likeness (QED) is 0.651. The smallest absolute Gasteiger partial charge is 0.0817 e. The van der Waals surface area contributed by atoms with Gasteiger partial charge in [0, 0.05) is 10.0 Å². The zero-order chi connectivity index (χ0) is 7.40. The molecule has 0 aliphatic rings. The number of hydrogen-bond acceptors (Lipinski definition) is 0. The van der Waals surface area contributed by atoms with Crippen molar-refractivity contribution in [3.05, 3.63) is 39.1 Å². The summed E-state index contributed by atoms with van der Waals surface area (Å²) in [5, 5.41) is 0. The van der Waals surface area contributed by atoms with Crippen molar-refractivity contribution in [1.29, 1.82) is 0 Å². The summed E-state index contributed by atoms with van der Waals surface area (Å²) in [7, 11) is 0. The van der Waals surface area contributed by atoms with E-state index in [0.717, 1.165) is 10.0 Å². The second kappa shape index (κ2) is 3.38. The third-order valence-electron chi connectivity index (χ3n) is 1.16. The first-order chi connectivity index (χ1) is 4.83. The van der Waals surface area contributed by atoms with E-state index in [0.29, 0.717) is 6.54 Å². The van der Waals surface area contributed by atoms with Gasteiger partial charge in [0.05, 0.1) is 0 Å². The molecule has 0 heterocycles. The topological polar surface area (TPSA) is 4.36 Å². The number of rotatable bonds is 1. The molecule has 0 aliphatic carbocycles. The molecular weight excluding hydrogens is 190 g/mol. The average molecular weight is 197 g/mol. The molecule has 0 radical (unpaired) electrons. The second-order valence-corrected chi connectivity index (χ2v) is 2.89. The molecule has 0 aliphatic heterocycles. The fourth-order valence-corrected chi connectivity index (χ4v) is 1.19. The van der Waals surface area contributed by atoms with E-state index in [-0.39, 0.29) is 0 Å². The third-order valence-corrected chi connectivity index (χ3v) is 1.66. The fourth-order valence-electron chi connectivity index (χ4n) is 0.741. The lowest BCUT2D eigenvalue weighted by atomic mass is 10.2. The maximum atomic E-state index is 5.02. The molecule has 0 amide bonds. The van der Waals surface area contributed by atoms with Crippen molar-refractivity contribution in [3.8, 4) is 6.57 Å². The van der Waals surface area contributed by atoms with Gasteiger partial charge in [0.15, 0.2) is 0 Å². The van der Waals surface area contributed by atoms with Crippen LogP contribution in [-0.2, 0) is 6.54 Å². The lowest BCUT2D eigenvalue weighted by Gasteiger charge is -1.89. The van der Waals surface area contributed by atoms with Crippen molar-refractivity contribution in [2.45, 2.75) is 6.54 Å². The molecule has 1 nitrogen and oxygen atoms in total. The van der Waals surface area contributed by atoms with Crippen LogP contribution in [0.1, 0.15) is 5.56 Å². The molecule has 50 valence electrons. The molecule has 0 saturated heterocycles.